The molecule has 3 nitrogen and oxygen atoms in total. The molecule has 3 rings (SSSR count). The normalized spacial score (nSPS) is 17.3. The highest BCUT2D eigenvalue weighted by molar-refractivity contribution is 8.00. The van der Waals surface area contributed by atoms with Gasteiger partial charge in [-0.3, -0.25) is 0 Å². The molecule has 1 aliphatic rings. The van der Waals surface area contributed by atoms with Crippen molar-refractivity contribution < 1.29 is 0 Å². The van der Waals surface area contributed by atoms with Gasteiger partial charge in [-0.05, 0) is 38.2 Å². The minimum atomic E-state index is 0.489. The summed E-state index contributed by atoms with van der Waals surface area (Å²) in [6.45, 7) is 5.13. The van der Waals surface area contributed by atoms with Crippen LogP contribution in [0, 0.1) is 0 Å². The third-order valence-electron chi connectivity index (χ3n) is 4.48. The third-order valence-corrected chi connectivity index (χ3v) is 5.90. The number of nitrogens with one attached hydrogen (secondary N) is 1. The van der Waals surface area contributed by atoms with Crippen LogP contribution in [0.3, 0.4) is 0 Å². The molecule has 2 aromatic rings. The zero-order valence-corrected chi connectivity index (χ0v) is 13.2. The fourth-order valence-corrected chi connectivity index (χ4v) is 3.98. The average Bonchev–Trinajstić information content (AvgIpc) is 2.79. The van der Waals surface area contributed by atoms with Crippen molar-refractivity contribution in [2.24, 2.45) is 0 Å². The molecular weight excluding hydrogens is 266 g/mol. The van der Waals surface area contributed by atoms with Gasteiger partial charge in [-0.1, -0.05) is 18.6 Å². The van der Waals surface area contributed by atoms with Crippen molar-refractivity contribution in [2.75, 3.05) is 12.8 Å². The van der Waals surface area contributed by atoms with Gasteiger partial charge in [-0.25, -0.2) is 4.98 Å². The van der Waals surface area contributed by atoms with Crippen LogP contribution in [0.15, 0.2) is 24.3 Å². The van der Waals surface area contributed by atoms with E-state index in [2.05, 4.69) is 47.3 Å². The second-order valence-electron chi connectivity index (χ2n) is 5.61. The second-order valence-corrected chi connectivity index (χ2v) is 6.88. The molecule has 20 heavy (non-hydrogen) atoms. The molecular formula is C16H23N3S. The van der Waals surface area contributed by atoms with Crippen molar-refractivity contribution >= 4 is 22.8 Å². The first-order chi connectivity index (χ1) is 9.78. The fourth-order valence-electron chi connectivity index (χ4n) is 3.04. The second kappa shape index (κ2) is 5.78. The maximum atomic E-state index is 4.77. The number of aromatic nitrogens is 2. The van der Waals surface area contributed by atoms with Gasteiger partial charge in [0, 0.05) is 17.8 Å². The van der Waals surface area contributed by atoms with E-state index in [9.17, 15) is 0 Å². The fraction of sp³-hybridized carbons (Fsp3) is 0.562. The van der Waals surface area contributed by atoms with Crippen LogP contribution < -0.4 is 5.32 Å². The van der Waals surface area contributed by atoms with Crippen molar-refractivity contribution in [2.45, 2.75) is 44.0 Å². The smallest absolute Gasteiger partial charge is 0.123 e. The number of imidazole rings is 1. The maximum Gasteiger partial charge on any atom is 0.123 e. The summed E-state index contributed by atoms with van der Waals surface area (Å²) in [6.07, 6.45) is 6.33. The molecule has 1 aromatic heterocycles. The van der Waals surface area contributed by atoms with Crippen LogP contribution in [0.1, 0.15) is 32.0 Å². The number of para-hydroxylation sites is 2. The third kappa shape index (κ3) is 2.47. The molecule has 4 heteroatoms. The Balaban J connectivity index is 1.71. The summed E-state index contributed by atoms with van der Waals surface area (Å²) in [7, 11) is 0. The van der Waals surface area contributed by atoms with Gasteiger partial charge in [0.1, 0.15) is 5.82 Å². The highest BCUT2D eigenvalue weighted by Crippen LogP contribution is 2.42. The number of hydrogen-bond donors (Lipinski definition) is 1. The molecule has 0 radical (unpaired) electrons. The molecule has 1 aliphatic carbocycles. The van der Waals surface area contributed by atoms with Crippen LogP contribution in [0.2, 0.25) is 0 Å². The van der Waals surface area contributed by atoms with Crippen molar-refractivity contribution in [3.05, 3.63) is 30.1 Å². The first kappa shape index (κ1) is 14.0. The predicted octanol–water partition coefficient (Wildman–Crippen LogP) is 3.43. The van der Waals surface area contributed by atoms with Crippen LogP contribution in [0.4, 0.5) is 0 Å². The Labute approximate surface area is 125 Å². The van der Waals surface area contributed by atoms with Crippen molar-refractivity contribution in [1.29, 1.82) is 0 Å². The van der Waals surface area contributed by atoms with Gasteiger partial charge in [0.25, 0.3) is 0 Å². The van der Waals surface area contributed by atoms with E-state index < -0.39 is 0 Å². The summed E-state index contributed by atoms with van der Waals surface area (Å²) in [5, 5.41) is 3.63. The van der Waals surface area contributed by atoms with E-state index >= 15 is 0 Å². The van der Waals surface area contributed by atoms with E-state index in [0.29, 0.717) is 4.75 Å². The van der Waals surface area contributed by atoms with Crippen LogP contribution in [0.5, 0.6) is 0 Å². The Morgan fingerprint density at radius 1 is 1.35 bits per heavy atom. The van der Waals surface area contributed by atoms with E-state index in [0.717, 1.165) is 31.0 Å². The quantitative estimate of drug-likeness (QED) is 0.883. The lowest BCUT2D eigenvalue weighted by Gasteiger charge is -2.40. The maximum absolute atomic E-state index is 4.77. The lowest BCUT2D eigenvalue weighted by atomic mass is 9.84. The van der Waals surface area contributed by atoms with E-state index in [-0.39, 0.29) is 0 Å². The molecule has 0 unspecified atom stereocenters. The molecule has 1 saturated carbocycles. The number of rotatable bonds is 6. The van der Waals surface area contributed by atoms with E-state index in [4.69, 9.17) is 4.98 Å². The average molecular weight is 289 g/mol. The molecule has 0 spiro atoms. The Hall–Kier alpha value is -1.00. The minimum absolute atomic E-state index is 0.489. The van der Waals surface area contributed by atoms with Gasteiger partial charge in [-0.2, -0.15) is 11.8 Å². The molecule has 0 aliphatic heterocycles. The lowest BCUT2D eigenvalue weighted by molar-refractivity contribution is 0.343. The summed E-state index contributed by atoms with van der Waals surface area (Å²) in [6, 6.07) is 8.40. The highest BCUT2D eigenvalue weighted by Gasteiger charge is 2.35. The number of nitrogens with zero attached hydrogens (tertiary/aromatic N) is 2. The molecule has 108 valence electrons. The molecule has 0 saturated heterocycles. The summed E-state index contributed by atoms with van der Waals surface area (Å²) in [4.78, 5) is 4.77. The Morgan fingerprint density at radius 2 is 2.15 bits per heavy atom. The van der Waals surface area contributed by atoms with Crippen molar-refractivity contribution in [3.8, 4) is 0 Å². The molecule has 0 atom stereocenters. The summed E-state index contributed by atoms with van der Waals surface area (Å²) in [5.41, 5.74) is 2.35. The van der Waals surface area contributed by atoms with Crippen LogP contribution in [-0.2, 0) is 13.1 Å². The molecule has 1 fully saturated rings. The summed E-state index contributed by atoms with van der Waals surface area (Å²) >= 11 is 2.02. The van der Waals surface area contributed by atoms with Crippen LogP contribution in [-0.4, -0.2) is 27.1 Å². The first-order valence-electron chi connectivity index (χ1n) is 7.48. The molecule has 0 bridgehead atoms. The van der Waals surface area contributed by atoms with Crippen molar-refractivity contribution in [3.63, 3.8) is 0 Å². The number of aryl methyl sites for hydroxylation is 1. The Kier molecular flexibility index (Phi) is 4.03. The SMILES string of the molecule is CCn1c(CNCC2(SC)CCC2)nc2ccccc21. The number of benzene rings is 1. The Bertz CT molecular complexity index is 581. The topological polar surface area (TPSA) is 29.9 Å². The van der Waals surface area contributed by atoms with E-state index in [1.165, 1.54) is 24.8 Å². The molecule has 1 heterocycles. The zero-order valence-electron chi connectivity index (χ0n) is 12.4. The number of thioether (sulfide) groups is 1. The van der Waals surface area contributed by atoms with Gasteiger partial charge < -0.3 is 9.88 Å². The monoisotopic (exact) mass is 289 g/mol. The lowest BCUT2D eigenvalue weighted by Crippen LogP contribution is -2.43. The Morgan fingerprint density at radius 3 is 2.80 bits per heavy atom. The van der Waals surface area contributed by atoms with E-state index in [1.807, 2.05) is 11.8 Å². The summed E-state index contributed by atoms with van der Waals surface area (Å²) < 4.78 is 2.80. The first-order valence-corrected chi connectivity index (χ1v) is 8.70. The van der Waals surface area contributed by atoms with Gasteiger partial charge in [0.15, 0.2) is 0 Å². The highest BCUT2D eigenvalue weighted by atomic mass is 32.2. The molecule has 0 amide bonds. The van der Waals surface area contributed by atoms with Gasteiger partial charge in [0.05, 0.1) is 17.6 Å². The molecule has 1 aromatic carbocycles. The van der Waals surface area contributed by atoms with Gasteiger partial charge >= 0.3 is 0 Å². The van der Waals surface area contributed by atoms with Crippen molar-refractivity contribution in [1.82, 2.24) is 14.9 Å². The van der Waals surface area contributed by atoms with E-state index in [1.54, 1.807) is 0 Å². The van der Waals surface area contributed by atoms with Crippen LogP contribution >= 0.6 is 11.8 Å². The summed E-state index contributed by atoms with van der Waals surface area (Å²) in [5.74, 6) is 1.16. The van der Waals surface area contributed by atoms with Crippen LogP contribution in [0.25, 0.3) is 11.0 Å². The largest absolute Gasteiger partial charge is 0.327 e. The molecule has 1 N–H and O–H groups in total. The minimum Gasteiger partial charge on any atom is -0.327 e. The number of fused-ring (bicyclic) bond motifs is 1. The van der Waals surface area contributed by atoms with Gasteiger partial charge in [-0.15, -0.1) is 0 Å². The predicted molar refractivity (Wildman–Crippen MR) is 87.2 cm³/mol. The standard InChI is InChI=1S/C16H23N3S/c1-3-19-14-8-5-4-7-13(14)18-15(19)11-17-12-16(20-2)9-6-10-16/h4-5,7-8,17H,3,6,9-12H2,1-2H3. The number of hydrogen-bond acceptors (Lipinski definition) is 3. The zero-order chi connectivity index (χ0) is 14.0. The van der Waals surface area contributed by atoms with Gasteiger partial charge in [0.2, 0.25) is 0 Å².